The third-order valence-corrected chi connectivity index (χ3v) is 1.84. The van der Waals surface area contributed by atoms with Gasteiger partial charge < -0.3 is 9.47 Å². The summed E-state index contributed by atoms with van der Waals surface area (Å²) in [6.07, 6.45) is -4.80. The summed E-state index contributed by atoms with van der Waals surface area (Å²) in [7, 11) is 1.38. The molecule has 0 saturated heterocycles. The van der Waals surface area contributed by atoms with E-state index in [4.69, 9.17) is 4.74 Å². The van der Waals surface area contributed by atoms with Crippen molar-refractivity contribution < 1.29 is 27.4 Å². The summed E-state index contributed by atoms with van der Waals surface area (Å²) in [5, 5.41) is 0. The molecule has 0 aliphatic heterocycles. The molecule has 0 radical (unpaired) electrons. The number of halogens is 3. The van der Waals surface area contributed by atoms with E-state index in [9.17, 15) is 18.0 Å². The first-order chi connectivity index (χ1) is 7.84. The van der Waals surface area contributed by atoms with Crippen LogP contribution in [-0.2, 0) is 4.79 Å². The van der Waals surface area contributed by atoms with Crippen LogP contribution in [-0.4, -0.2) is 19.3 Å². The number of ether oxygens (including phenoxy) is 2. The molecular formula is C11H9F3O3. The Hall–Kier alpha value is -1.98. The van der Waals surface area contributed by atoms with Crippen molar-refractivity contribution in [2.75, 3.05) is 7.11 Å². The molecule has 1 rings (SSSR count). The summed E-state index contributed by atoms with van der Waals surface area (Å²) < 4.78 is 45.7. The molecule has 6 heteroatoms. The fourth-order valence-electron chi connectivity index (χ4n) is 0.949. The van der Waals surface area contributed by atoms with Gasteiger partial charge in [0.05, 0.1) is 7.11 Å². The van der Waals surface area contributed by atoms with Crippen molar-refractivity contribution in [2.45, 2.75) is 6.18 Å². The summed E-state index contributed by atoms with van der Waals surface area (Å²) >= 11 is 0. The van der Waals surface area contributed by atoms with Gasteiger partial charge in [-0.25, -0.2) is 4.79 Å². The fourth-order valence-corrected chi connectivity index (χ4v) is 0.949. The van der Waals surface area contributed by atoms with Gasteiger partial charge in [-0.15, -0.1) is 0 Å². The highest BCUT2D eigenvalue weighted by Crippen LogP contribution is 2.26. The molecule has 0 fully saturated rings. The number of alkyl halides is 3. The Bertz CT molecular complexity index is 438. The number of hydrogen-bond acceptors (Lipinski definition) is 3. The molecule has 0 heterocycles. The molecule has 0 spiro atoms. The van der Waals surface area contributed by atoms with Crippen molar-refractivity contribution >= 4 is 5.97 Å². The van der Waals surface area contributed by atoms with Crippen LogP contribution >= 0.6 is 0 Å². The van der Waals surface area contributed by atoms with Gasteiger partial charge in [0, 0.05) is 6.07 Å². The summed E-state index contributed by atoms with van der Waals surface area (Å²) in [5.74, 6) is -1.21. The Balaban J connectivity index is 2.78. The Kier molecular flexibility index (Phi) is 3.77. The highest BCUT2D eigenvalue weighted by atomic mass is 19.4. The number of carbonyl (C=O) groups is 1. The number of benzene rings is 1. The summed E-state index contributed by atoms with van der Waals surface area (Å²) in [6, 6.07) is 5.68. The molecule has 0 bridgehead atoms. The molecular weight excluding hydrogens is 237 g/mol. The summed E-state index contributed by atoms with van der Waals surface area (Å²) in [6.45, 7) is 2.63. The predicted molar refractivity (Wildman–Crippen MR) is 53.8 cm³/mol. The first-order valence-corrected chi connectivity index (χ1v) is 4.47. The lowest BCUT2D eigenvalue weighted by Crippen LogP contribution is -2.23. The smallest absolute Gasteiger partial charge is 0.422 e. The van der Waals surface area contributed by atoms with E-state index in [0.29, 0.717) is 5.75 Å². The maximum atomic E-state index is 12.1. The van der Waals surface area contributed by atoms with Gasteiger partial charge in [-0.2, -0.15) is 13.2 Å². The van der Waals surface area contributed by atoms with E-state index < -0.39 is 17.7 Å². The molecule has 0 N–H and O–H groups in total. The molecule has 0 aliphatic carbocycles. The van der Waals surface area contributed by atoms with E-state index >= 15 is 0 Å². The maximum Gasteiger partial charge on any atom is 0.422 e. The molecule has 0 atom stereocenters. The van der Waals surface area contributed by atoms with Gasteiger partial charge in [-0.3, -0.25) is 0 Å². The third-order valence-electron chi connectivity index (χ3n) is 1.84. The first-order valence-electron chi connectivity index (χ1n) is 4.47. The van der Waals surface area contributed by atoms with Crippen molar-refractivity contribution in [3.05, 3.63) is 36.4 Å². The summed E-state index contributed by atoms with van der Waals surface area (Å²) in [4.78, 5) is 11.1. The molecule has 0 unspecified atom stereocenters. The topological polar surface area (TPSA) is 35.5 Å². The Morgan fingerprint density at radius 3 is 2.41 bits per heavy atom. The van der Waals surface area contributed by atoms with Gasteiger partial charge in [-0.1, -0.05) is 12.6 Å². The van der Waals surface area contributed by atoms with Gasteiger partial charge in [0.25, 0.3) is 0 Å². The lowest BCUT2D eigenvalue weighted by atomic mass is 10.3. The Morgan fingerprint density at radius 2 is 1.88 bits per heavy atom. The second kappa shape index (κ2) is 4.90. The van der Waals surface area contributed by atoms with Crippen molar-refractivity contribution in [1.29, 1.82) is 0 Å². The van der Waals surface area contributed by atoms with Crippen LogP contribution in [0.15, 0.2) is 36.4 Å². The molecule has 0 aromatic heterocycles. The van der Waals surface area contributed by atoms with E-state index in [1.807, 2.05) is 0 Å². The Morgan fingerprint density at radius 1 is 1.29 bits per heavy atom. The van der Waals surface area contributed by atoms with Gasteiger partial charge in [0.2, 0.25) is 0 Å². The van der Waals surface area contributed by atoms with E-state index in [0.717, 1.165) is 0 Å². The molecule has 0 saturated carbocycles. The molecule has 3 nitrogen and oxygen atoms in total. The molecule has 0 aliphatic rings. The van der Waals surface area contributed by atoms with Gasteiger partial charge >= 0.3 is 12.1 Å². The predicted octanol–water partition coefficient (Wildman–Crippen LogP) is 2.72. The highest BCUT2D eigenvalue weighted by molar-refractivity contribution is 5.90. The maximum absolute atomic E-state index is 12.1. The standard InChI is InChI=1S/C11H9F3O3/c1-7(11(12,13)14)10(15)17-9-5-3-4-8(6-9)16-2/h3-6H,1H2,2H3. The minimum absolute atomic E-state index is 0.0419. The van der Waals surface area contributed by atoms with Gasteiger partial charge in [0.1, 0.15) is 17.1 Å². The second-order valence-electron chi connectivity index (χ2n) is 3.04. The highest BCUT2D eigenvalue weighted by Gasteiger charge is 2.38. The van der Waals surface area contributed by atoms with Crippen LogP contribution in [0.25, 0.3) is 0 Å². The van der Waals surface area contributed by atoms with Crippen LogP contribution in [0, 0.1) is 0 Å². The SMILES string of the molecule is C=C(C(=O)Oc1cccc(OC)c1)C(F)(F)F. The van der Waals surface area contributed by atoms with Crippen LogP contribution in [0.1, 0.15) is 0 Å². The zero-order valence-electron chi connectivity index (χ0n) is 8.88. The lowest BCUT2D eigenvalue weighted by Gasteiger charge is -2.10. The van der Waals surface area contributed by atoms with Crippen molar-refractivity contribution in [3.63, 3.8) is 0 Å². The second-order valence-corrected chi connectivity index (χ2v) is 3.04. The summed E-state index contributed by atoms with van der Waals surface area (Å²) in [5.41, 5.74) is -1.56. The average molecular weight is 246 g/mol. The quantitative estimate of drug-likeness (QED) is 0.467. The van der Waals surface area contributed by atoms with Crippen molar-refractivity contribution in [2.24, 2.45) is 0 Å². The molecule has 92 valence electrons. The van der Waals surface area contributed by atoms with Gasteiger partial charge in [0.15, 0.2) is 0 Å². The Labute approximate surface area is 95.5 Å². The van der Waals surface area contributed by atoms with Crippen molar-refractivity contribution in [1.82, 2.24) is 0 Å². The van der Waals surface area contributed by atoms with E-state index in [-0.39, 0.29) is 5.75 Å². The van der Waals surface area contributed by atoms with E-state index in [2.05, 4.69) is 11.3 Å². The van der Waals surface area contributed by atoms with E-state index in [1.165, 1.54) is 25.3 Å². The lowest BCUT2D eigenvalue weighted by molar-refractivity contribution is -0.142. The molecule has 17 heavy (non-hydrogen) atoms. The van der Waals surface area contributed by atoms with E-state index in [1.54, 1.807) is 6.07 Å². The number of esters is 1. The van der Waals surface area contributed by atoms with Crippen molar-refractivity contribution in [3.8, 4) is 11.5 Å². The number of methoxy groups -OCH3 is 1. The van der Waals surface area contributed by atoms with Crippen LogP contribution in [0.5, 0.6) is 11.5 Å². The number of rotatable bonds is 3. The van der Waals surface area contributed by atoms with Gasteiger partial charge in [-0.05, 0) is 12.1 Å². The largest absolute Gasteiger partial charge is 0.497 e. The molecule has 1 aromatic carbocycles. The zero-order valence-corrected chi connectivity index (χ0v) is 8.88. The molecule has 0 amide bonds. The average Bonchev–Trinajstić information content (AvgIpc) is 2.27. The minimum Gasteiger partial charge on any atom is -0.497 e. The van der Waals surface area contributed by atoms with Crippen LogP contribution in [0.2, 0.25) is 0 Å². The number of carbonyl (C=O) groups excluding carboxylic acids is 1. The fraction of sp³-hybridized carbons (Fsp3) is 0.182. The minimum atomic E-state index is -4.80. The van der Waals surface area contributed by atoms with Crippen LogP contribution < -0.4 is 9.47 Å². The molecule has 1 aromatic rings. The zero-order chi connectivity index (χ0) is 13.1. The third kappa shape index (κ3) is 3.51. The monoisotopic (exact) mass is 246 g/mol. The number of hydrogen-bond donors (Lipinski definition) is 0. The normalized spacial score (nSPS) is 10.8. The van der Waals surface area contributed by atoms with Crippen LogP contribution in [0.4, 0.5) is 13.2 Å². The van der Waals surface area contributed by atoms with Crippen LogP contribution in [0.3, 0.4) is 0 Å². The first kappa shape index (κ1) is 13.1.